The van der Waals surface area contributed by atoms with Crippen LogP contribution in [0, 0.1) is 0 Å². The van der Waals surface area contributed by atoms with E-state index in [4.69, 9.17) is 9.47 Å². The molecule has 0 radical (unpaired) electrons. The second kappa shape index (κ2) is 7.53. The van der Waals surface area contributed by atoms with Gasteiger partial charge in [0.05, 0.1) is 32.1 Å². The lowest BCUT2D eigenvalue weighted by atomic mass is 10.1. The molecule has 2 aromatic rings. The molecule has 0 saturated carbocycles. The number of ether oxygens (including phenoxy) is 2. The van der Waals surface area contributed by atoms with Crippen molar-refractivity contribution in [1.29, 1.82) is 0 Å². The van der Waals surface area contributed by atoms with Crippen LogP contribution in [-0.4, -0.2) is 30.0 Å². The van der Waals surface area contributed by atoms with Gasteiger partial charge in [-0.25, -0.2) is 4.79 Å². The van der Waals surface area contributed by atoms with E-state index < -0.39 is 0 Å². The van der Waals surface area contributed by atoms with Gasteiger partial charge in [-0.3, -0.25) is 4.68 Å². The van der Waals surface area contributed by atoms with Gasteiger partial charge in [0.1, 0.15) is 11.5 Å². The van der Waals surface area contributed by atoms with Crippen molar-refractivity contribution in [3.8, 4) is 11.5 Å². The summed E-state index contributed by atoms with van der Waals surface area (Å²) in [6.07, 6.45) is 3.39. The Labute approximate surface area is 135 Å². The van der Waals surface area contributed by atoms with E-state index in [1.54, 1.807) is 37.4 Å². The molecule has 0 aliphatic heterocycles. The summed E-state index contributed by atoms with van der Waals surface area (Å²) in [6, 6.07) is 4.97. The van der Waals surface area contributed by atoms with Gasteiger partial charge in [-0.05, 0) is 26.0 Å². The molecule has 124 valence electrons. The third kappa shape index (κ3) is 4.15. The van der Waals surface area contributed by atoms with Crippen molar-refractivity contribution in [2.45, 2.75) is 26.4 Å². The van der Waals surface area contributed by atoms with E-state index in [9.17, 15) is 4.79 Å². The van der Waals surface area contributed by atoms with Crippen LogP contribution in [0.4, 0.5) is 10.5 Å². The molecule has 2 N–H and O–H groups in total. The molecule has 0 fully saturated rings. The molecule has 7 heteroatoms. The summed E-state index contributed by atoms with van der Waals surface area (Å²) in [5.41, 5.74) is 1.52. The molecule has 1 aromatic heterocycles. The summed E-state index contributed by atoms with van der Waals surface area (Å²) in [6.45, 7) is 4.62. The number of methoxy groups -OCH3 is 2. The van der Waals surface area contributed by atoms with E-state index in [1.165, 1.54) is 0 Å². The maximum atomic E-state index is 12.1. The number of anilines is 1. The molecule has 1 heterocycles. The lowest BCUT2D eigenvalue weighted by Gasteiger charge is -2.18. The molecule has 1 atom stereocenters. The highest BCUT2D eigenvalue weighted by Crippen LogP contribution is 2.29. The molecular formula is C16H22N4O3. The quantitative estimate of drug-likeness (QED) is 0.858. The van der Waals surface area contributed by atoms with Gasteiger partial charge in [-0.2, -0.15) is 5.10 Å². The van der Waals surface area contributed by atoms with Crippen LogP contribution in [-0.2, 0) is 6.54 Å². The summed E-state index contributed by atoms with van der Waals surface area (Å²) in [4.78, 5) is 12.1. The second-order valence-electron chi connectivity index (χ2n) is 5.01. The monoisotopic (exact) mass is 318 g/mol. The summed E-state index contributed by atoms with van der Waals surface area (Å²) in [5, 5.41) is 9.75. The van der Waals surface area contributed by atoms with Crippen molar-refractivity contribution in [1.82, 2.24) is 15.1 Å². The number of carbonyl (C=O) groups is 1. The first-order chi connectivity index (χ1) is 11.1. The lowest BCUT2D eigenvalue weighted by Crippen LogP contribution is -2.31. The average Bonchev–Trinajstić information content (AvgIpc) is 3.01. The topological polar surface area (TPSA) is 77.4 Å². The Morgan fingerprint density at radius 2 is 2.13 bits per heavy atom. The van der Waals surface area contributed by atoms with Gasteiger partial charge in [-0.15, -0.1) is 0 Å². The highest BCUT2D eigenvalue weighted by Gasteiger charge is 2.15. The zero-order valence-corrected chi connectivity index (χ0v) is 13.8. The largest absolute Gasteiger partial charge is 0.497 e. The Bertz CT molecular complexity index is 669. The minimum Gasteiger partial charge on any atom is -0.497 e. The van der Waals surface area contributed by atoms with Gasteiger partial charge >= 0.3 is 6.03 Å². The van der Waals surface area contributed by atoms with Gasteiger partial charge in [0.25, 0.3) is 0 Å². The van der Waals surface area contributed by atoms with Crippen LogP contribution in [0.15, 0.2) is 30.6 Å². The van der Waals surface area contributed by atoms with E-state index in [-0.39, 0.29) is 12.1 Å². The fourth-order valence-electron chi connectivity index (χ4n) is 2.22. The minimum atomic E-state index is -0.300. The average molecular weight is 318 g/mol. The number of hydrogen-bond donors (Lipinski definition) is 2. The van der Waals surface area contributed by atoms with Crippen LogP contribution >= 0.6 is 0 Å². The van der Waals surface area contributed by atoms with Crippen molar-refractivity contribution in [2.75, 3.05) is 19.5 Å². The van der Waals surface area contributed by atoms with Gasteiger partial charge in [0.2, 0.25) is 0 Å². The molecule has 0 bridgehead atoms. The zero-order valence-electron chi connectivity index (χ0n) is 13.8. The number of benzene rings is 1. The number of urea groups is 1. The van der Waals surface area contributed by atoms with Crippen LogP contribution in [0.1, 0.15) is 25.5 Å². The van der Waals surface area contributed by atoms with Crippen molar-refractivity contribution < 1.29 is 14.3 Å². The fourth-order valence-corrected chi connectivity index (χ4v) is 2.22. The number of hydrogen-bond acceptors (Lipinski definition) is 4. The highest BCUT2D eigenvalue weighted by atomic mass is 16.5. The summed E-state index contributed by atoms with van der Waals surface area (Å²) in [5.74, 6) is 1.37. The fraction of sp³-hybridized carbons (Fsp3) is 0.375. The van der Waals surface area contributed by atoms with E-state index in [0.717, 1.165) is 12.1 Å². The van der Waals surface area contributed by atoms with E-state index in [1.807, 2.05) is 26.0 Å². The predicted molar refractivity (Wildman–Crippen MR) is 88.0 cm³/mol. The molecule has 2 amide bonds. The molecule has 1 aromatic carbocycles. The maximum Gasteiger partial charge on any atom is 0.319 e. The first-order valence-corrected chi connectivity index (χ1v) is 7.39. The molecule has 0 aliphatic carbocycles. The molecule has 0 saturated heterocycles. The molecular weight excluding hydrogens is 296 g/mol. The molecule has 0 spiro atoms. The van der Waals surface area contributed by atoms with Crippen molar-refractivity contribution in [3.63, 3.8) is 0 Å². The number of nitrogens with zero attached hydrogens (tertiary/aromatic N) is 2. The highest BCUT2D eigenvalue weighted by molar-refractivity contribution is 5.89. The summed E-state index contributed by atoms with van der Waals surface area (Å²) >= 11 is 0. The van der Waals surface area contributed by atoms with Crippen LogP contribution in [0.5, 0.6) is 11.5 Å². The van der Waals surface area contributed by atoms with E-state index >= 15 is 0 Å². The second-order valence-corrected chi connectivity index (χ2v) is 5.01. The van der Waals surface area contributed by atoms with Crippen LogP contribution in [0.25, 0.3) is 0 Å². The Kier molecular flexibility index (Phi) is 5.46. The molecule has 7 nitrogen and oxygen atoms in total. The Morgan fingerprint density at radius 3 is 2.74 bits per heavy atom. The summed E-state index contributed by atoms with van der Waals surface area (Å²) in [7, 11) is 3.18. The molecule has 2 rings (SSSR count). The third-order valence-electron chi connectivity index (χ3n) is 3.47. The number of aromatic nitrogens is 2. The first-order valence-electron chi connectivity index (χ1n) is 7.39. The van der Waals surface area contributed by atoms with E-state index in [0.29, 0.717) is 17.2 Å². The van der Waals surface area contributed by atoms with E-state index in [2.05, 4.69) is 15.7 Å². The van der Waals surface area contributed by atoms with Crippen LogP contribution in [0.3, 0.4) is 0 Å². The SMILES string of the molecule is CCn1cc(NC(=O)NC(C)c2ccc(OC)cc2OC)cn1. The number of rotatable bonds is 6. The number of aryl methyl sites for hydroxylation is 1. The van der Waals surface area contributed by atoms with Crippen molar-refractivity contribution in [2.24, 2.45) is 0 Å². The minimum absolute atomic E-state index is 0.225. The molecule has 1 unspecified atom stereocenters. The Morgan fingerprint density at radius 1 is 1.35 bits per heavy atom. The Balaban J connectivity index is 2.03. The van der Waals surface area contributed by atoms with Crippen LogP contribution < -0.4 is 20.1 Å². The zero-order chi connectivity index (χ0) is 16.8. The smallest absolute Gasteiger partial charge is 0.319 e. The van der Waals surface area contributed by atoms with Gasteiger partial charge in [-0.1, -0.05) is 0 Å². The predicted octanol–water partition coefficient (Wildman–Crippen LogP) is 2.80. The van der Waals surface area contributed by atoms with Crippen molar-refractivity contribution in [3.05, 3.63) is 36.2 Å². The Hall–Kier alpha value is -2.70. The normalized spacial score (nSPS) is 11.7. The number of amides is 2. The number of carbonyl (C=O) groups excluding carboxylic acids is 1. The van der Waals surface area contributed by atoms with Gasteiger partial charge in [0.15, 0.2) is 0 Å². The summed E-state index contributed by atoms with van der Waals surface area (Å²) < 4.78 is 12.3. The number of nitrogens with one attached hydrogen (secondary N) is 2. The lowest BCUT2D eigenvalue weighted by molar-refractivity contribution is 0.249. The van der Waals surface area contributed by atoms with Gasteiger partial charge in [0, 0.05) is 24.4 Å². The first kappa shape index (κ1) is 16.7. The van der Waals surface area contributed by atoms with Gasteiger partial charge < -0.3 is 20.1 Å². The third-order valence-corrected chi connectivity index (χ3v) is 3.47. The maximum absolute atomic E-state index is 12.1. The van der Waals surface area contributed by atoms with Crippen LogP contribution in [0.2, 0.25) is 0 Å². The standard InChI is InChI=1S/C16H22N4O3/c1-5-20-10-12(9-17-20)19-16(21)18-11(2)14-7-6-13(22-3)8-15(14)23-4/h6-11H,5H2,1-4H3,(H2,18,19,21). The van der Waals surface area contributed by atoms with Crippen molar-refractivity contribution >= 4 is 11.7 Å². The molecule has 0 aliphatic rings. The molecule has 23 heavy (non-hydrogen) atoms.